The maximum atomic E-state index is 13.1. The van der Waals surface area contributed by atoms with Gasteiger partial charge in [0.25, 0.3) is 0 Å². The van der Waals surface area contributed by atoms with Crippen molar-refractivity contribution in [2.24, 2.45) is 0 Å². The lowest BCUT2D eigenvalue weighted by atomic mass is 10.0. The minimum atomic E-state index is -0.173. The first-order valence-corrected chi connectivity index (χ1v) is 8.55. The Bertz CT molecular complexity index is 692. The van der Waals surface area contributed by atoms with E-state index in [2.05, 4.69) is 30.9 Å². The molecule has 4 heteroatoms. The summed E-state index contributed by atoms with van der Waals surface area (Å²) in [6.45, 7) is 9.57. The summed E-state index contributed by atoms with van der Waals surface area (Å²) in [5.41, 5.74) is 5.09. The third kappa shape index (κ3) is 3.54. The van der Waals surface area contributed by atoms with Gasteiger partial charge in [-0.3, -0.25) is 0 Å². The average Bonchev–Trinajstić information content (AvgIpc) is 2.61. The van der Waals surface area contributed by atoms with Crippen molar-refractivity contribution in [2.45, 2.75) is 20.4 Å². The fourth-order valence-corrected chi connectivity index (χ4v) is 3.44. The zero-order chi connectivity index (χ0) is 17.1. The number of benzene rings is 2. The molecule has 0 saturated carbocycles. The van der Waals surface area contributed by atoms with Crippen LogP contribution in [-0.4, -0.2) is 33.3 Å². The number of nitrogens with one attached hydrogen (secondary N) is 1. The highest BCUT2D eigenvalue weighted by molar-refractivity contribution is 5.46. The van der Waals surface area contributed by atoms with E-state index >= 15 is 0 Å². The minimum Gasteiger partial charge on any atom is -0.496 e. The lowest BCUT2D eigenvalue weighted by Crippen LogP contribution is -3.13. The maximum absolute atomic E-state index is 13.1. The number of rotatable bonds is 4. The van der Waals surface area contributed by atoms with Gasteiger partial charge in [-0.2, -0.15) is 0 Å². The summed E-state index contributed by atoms with van der Waals surface area (Å²) < 4.78 is 18.5. The van der Waals surface area contributed by atoms with Crippen molar-refractivity contribution in [1.82, 2.24) is 0 Å². The lowest BCUT2D eigenvalue weighted by Gasteiger charge is -2.34. The summed E-state index contributed by atoms with van der Waals surface area (Å²) >= 11 is 0. The van der Waals surface area contributed by atoms with E-state index in [1.807, 2.05) is 12.1 Å². The molecular weight excluding hydrogens is 303 g/mol. The molecule has 0 bridgehead atoms. The van der Waals surface area contributed by atoms with Crippen LogP contribution in [0.1, 0.15) is 16.7 Å². The van der Waals surface area contributed by atoms with Crippen molar-refractivity contribution >= 4 is 5.69 Å². The van der Waals surface area contributed by atoms with Gasteiger partial charge in [0.2, 0.25) is 0 Å². The molecule has 3 rings (SSSR count). The number of hydrogen-bond acceptors (Lipinski definition) is 2. The molecule has 0 radical (unpaired) electrons. The maximum Gasteiger partial charge on any atom is 0.123 e. The highest BCUT2D eigenvalue weighted by Crippen LogP contribution is 2.23. The molecule has 1 N–H and O–H groups in total. The Morgan fingerprint density at radius 1 is 1.00 bits per heavy atom. The van der Waals surface area contributed by atoms with Crippen LogP contribution in [0.3, 0.4) is 0 Å². The zero-order valence-electron chi connectivity index (χ0n) is 14.7. The smallest absolute Gasteiger partial charge is 0.123 e. The molecule has 1 heterocycles. The standard InChI is InChI=1S/C20H25FN2O/c1-15-16(2)20(24-3)9-4-17(15)14-22-10-12-23(13-11-22)19-7-5-18(21)6-8-19/h4-9H,10-14H2,1-3H3/p+1. The van der Waals surface area contributed by atoms with E-state index < -0.39 is 0 Å². The van der Waals surface area contributed by atoms with Crippen molar-refractivity contribution in [2.75, 3.05) is 38.2 Å². The largest absolute Gasteiger partial charge is 0.496 e. The second-order valence-electron chi connectivity index (χ2n) is 6.57. The average molecular weight is 329 g/mol. The number of quaternary nitrogens is 1. The Morgan fingerprint density at radius 3 is 2.29 bits per heavy atom. The van der Waals surface area contributed by atoms with Crippen LogP contribution in [0.15, 0.2) is 36.4 Å². The molecule has 0 aromatic heterocycles. The molecule has 3 nitrogen and oxygen atoms in total. The zero-order valence-corrected chi connectivity index (χ0v) is 14.7. The predicted molar refractivity (Wildman–Crippen MR) is 95.5 cm³/mol. The first-order chi connectivity index (χ1) is 11.6. The Morgan fingerprint density at radius 2 is 1.67 bits per heavy atom. The highest BCUT2D eigenvalue weighted by Gasteiger charge is 2.21. The Kier molecular flexibility index (Phi) is 5.05. The van der Waals surface area contributed by atoms with Crippen molar-refractivity contribution < 1.29 is 14.0 Å². The van der Waals surface area contributed by atoms with Gasteiger partial charge in [0.05, 0.1) is 33.3 Å². The Balaban J connectivity index is 1.61. The van der Waals surface area contributed by atoms with Crippen molar-refractivity contribution in [3.05, 3.63) is 58.9 Å². The van der Waals surface area contributed by atoms with Gasteiger partial charge in [-0.15, -0.1) is 0 Å². The van der Waals surface area contributed by atoms with E-state index in [1.54, 1.807) is 12.0 Å². The van der Waals surface area contributed by atoms with E-state index in [0.29, 0.717) is 0 Å². The van der Waals surface area contributed by atoms with Gasteiger partial charge in [0, 0.05) is 11.3 Å². The van der Waals surface area contributed by atoms with Gasteiger partial charge in [0.1, 0.15) is 18.1 Å². The molecule has 0 spiro atoms. The van der Waals surface area contributed by atoms with Crippen LogP contribution in [0.25, 0.3) is 0 Å². The number of hydrogen-bond donors (Lipinski definition) is 1. The number of ether oxygens (including phenoxy) is 1. The summed E-state index contributed by atoms with van der Waals surface area (Å²) in [5.74, 6) is 0.792. The number of anilines is 1. The first kappa shape index (κ1) is 16.8. The van der Waals surface area contributed by atoms with Crippen molar-refractivity contribution in [3.63, 3.8) is 0 Å². The monoisotopic (exact) mass is 329 g/mol. The quantitative estimate of drug-likeness (QED) is 0.927. The molecule has 0 aliphatic carbocycles. The third-order valence-electron chi connectivity index (χ3n) is 5.17. The summed E-state index contributed by atoms with van der Waals surface area (Å²) in [6, 6.07) is 11.1. The molecule has 2 aromatic carbocycles. The van der Waals surface area contributed by atoms with Gasteiger partial charge in [0.15, 0.2) is 0 Å². The summed E-state index contributed by atoms with van der Waals surface area (Å²) in [5, 5.41) is 0. The van der Waals surface area contributed by atoms with Crippen LogP contribution in [0.4, 0.5) is 10.1 Å². The van der Waals surface area contributed by atoms with Crippen molar-refractivity contribution in [3.8, 4) is 5.75 Å². The molecule has 0 atom stereocenters. The Labute approximate surface area is 143 Å². The van der Waals surface area contributed by atoms with Crippen LogP contribution in [0.2, 0.25) is 0 Å². The SMILES string of the molecule is COc1ccc(C[NH+]2CCN(c3ccc(F)cc3)CC2)c(C)c1C. The minimum absolute atomic E-state index is 0.173. The summed E-state index contributed by atoms with van der Waals surface area (Å²) in [4.78, 5) is 3.94. The number of halogens is 1. The predicted octanol–water partition coefficient (Wildman–Crippen LogP) is 2.36. The molecule has 0 amide bonds. The third-order valence-corrected chi connectivity index (χ3v) is 5.17. The van der Waals surface area contributed by atoms with Gasteiger partial charge in [-0.1, -0.05) is 0 Å². The van der Waals surface area contributed by atoms with Gasteiger partial charge in [-0.25, -0.2) is 4.39 Å². The van der Waals surface area contributed by atoms with Gasteiger partial charge in [-0.05, 0) is 61.4 Å². The van der Waals surface area contributed by atoms with E-state index in [0.717, 1.165) is 44.2 Å². The second-order valence-corrected chi connectivity index (χ2v) is 6.57. The van der Waals surface area contributed by atoms with Crippen LogP contribution >= 0.6 is 0 Å². The molecule has 1 fully saturated rings. The topological polar surface area (TPSA) is 16.9 Å². The Hall–Kier alpha value is -2.07. The molecule has 24 heavy (non-hydrogen) atoms. The van der Waals surface area contributed by atoms with Gasteiger partial charge < -0.3 is 14.5 Å². The summed E-state index contributed by atoms with van der Waals surface area (Å²) in [7, 11) is 1.72. The number of methoxy groups -OCH3 is 1. The van der Waals surface area contributed by atoms with E-state index in [1.165, 1.54) is 28.8 Å². The molecular formula is C20H26FN2O+. The number of piperazine rings is 1. The molecule has 2 aromatic rings. The normalized spacial score (nSPS) is 15.6. The van der Waals surface area contributed by atoms with E-state index in [-0.39, 0.29) is 5.82 Å². The van der Waals surface area contributed by atoms with Crippen LogP contribution in [-0.2, 0) is 6.54 Å². The fraction of sp³-hybridized carbons (Fsp3) is 0.400. The van der Waals surface area contributed by atoms with Crippen molar-refractivity contribution in [1.29, 1.82) is 0 Å². The molecule has 128 valence electrons. The molecule has 1 aliphatic rings. The lowest BCUT2D eigenvalue weighted by molar-refractivity contribution is -0.914. The van der Waals surface area contributed by atoms with Gasteiger partial charge >= 0.3 is 0 Å². The van der Waals surface area contributed by atoms with E-state index in [4.69, 9.17) is 4.74 Å². The number of nitrogens with zero attached hydrogens (tertiary/aromatic N) is 1. The van der Waals surface area contributed by atoms with E-state index in [9.17, 15) is 4.39 Å². The first-order valence-electron chi connectivity index (χ1n) is 8.55. The molecule has 0 unspecified atom stereocenters. The fourth-order valence-electron chi connectivity index (χ4n) is 3.44. The molecule has 1 aliphatic heterocycles. The van der Waals surface area contributed by atoms with Crippen LogP contribution in [0.5, 0.6) is 5.75 Å². The highest BCUT2D eigenvalue weighted by atomic mass is 19.1. The second kappa shape index (κ2) is 7.22. The van der Waals surface area contributed by atoms with Crippen LogP contribution in [0, 0.1) is 19.7 Å². The van der Waals surface area contributed by atoms with Crippen LogP contribution < -0.4 is 14.5 Å². The molecule has 1 saturated heterocycles. The summed E-state index contributed by atoms with van der Waals surface area (Å²) in [6.07, 6.45) is 0.